The quantitative estimate of drug-likeness (QED) is 0.375. The Labute approximate surface area is 223 Å². The predicted octanol–water partition coefficient (Wildman–Crippen LogP) is 6.10. The van der Waals surface area contributed by atoms with Crippen molar-refractivity contribution in [1.29, 1.82) is 0 Å². The molecule has 2 N–H and O–H groups in total. The van der Waals surface area contributed by atoms with E-state index < -0.39 is 0 Å². The summed E-state index contributed by atoms with van der Waals surface area (Å²) in [7, 11) is 0. The van der Waals surface area contributed by atoms with Gasteiger partial charge in [0.15, 0.2) is 5.11 Å². The van der Waals surface area contributed by atoms with E-state index in [0.717, 1.165) is 54.9 Å². The molecule has 2 aliphatic rings. The molecule has 1 atom stereocenters. The van der Waals surface area contributed by atoms with Crippen molar-refractivity contribution >= 4 is 46.5 Å². The van der Waals surface area contributed by atoms with E-state index in [2.05, 4.69) is 33.4 Å². The van der Waals surface area contributed by atoms with Crippen LogP contribution in [0.3, 0.4) is 0 Å². The van der Waals surface area contributed by atoms with E-state index in [1.165, 1.54) is 32.1 Å². The minimum atomic E-state index is 0.460. The SMILES string of the molecule is C[C@@H]1CCCN(c2cc(N3CCCCC3)nc(NC(=S)NCc3ccc(-c4ccc(Cl)cc4)o3)n2)C1. The van der Waals surface area contributed by atoms with Crippen LogP contribution < -0.4 is 20.4 Å². The number of benzene rings is 1. The Kier molecular flexibility index (Phi) is 7.92. The van der Waals surface area contributed by atoms with Crippen molar-refractivity contribution in [3.05, 3.63) is 53.2 Å². The van der Waals surface area contributed by atoms with Gasteiger partial charge in [-0.15, -0.1) is 0 Å². The minimum Gasteiger partial charge on any atom is -0.459 e. The topological polar surface area (TPSA) is 69.5 Å². The third-order valence-corrected chi connectivity index (χ3v) is 7.30. The largest absolute Gasteiger partial charge is 0.459 e. The molecule has 3 aromatic rings. The van der Waals surface area contributed by atoms with Gasteiger partial charge in [0.25, 0.3) is 0 Å². The second-order valence-electron chi connectivity index (χ2n) is 9.73. The lowest BCUT2D eigenvalue weighted by atomic mass is 10.0. The van der Waals surface area contributed by atoms with Crippen LogP contribution in [-0.4, -0.2) is 41.3 Å². The lowest BCUT2D eigenvalue weighted by Gasteiger charge is -2.33. The zero-order chi connectivity index (χ0) is 24.9. The summed E-state index contributed by atoms with van der Waals surface area (Å²) in [6.07, 6.45) is 6.14. The van der Waals surface area contributed by atoms with Gasteiger partial charge in [0, 0.05) is 42.8 Å². The normalized spacial score (nSPS) is 18.2. The number of hydrogen-bond donors (Lipinski definition) is 2. The molecule has 5 rings (SSSR count). The summed E-state index contributed by atoms with van der Waals surface area (Å²) >= 11 is 11.6. The molecule has 4 heterocycles. The number of hydrogen-bond acceptors (Lipinski definition) is 6. The Morgan fingerprint density at radius 2 is 1.72 bits per heavy atom. The number of rotatable bonds is 6. The molecule has 1 aromatic carbocycles. The molecule has 0 unspecified atom stereocenters. The smallest absolute Gasteiger partial charge is 0.232 e. The van der Waals surface area contributed by atoms with Crippen LogP contribution in [0.15, 0.2) is 46.9 Å². The maximum absolute atomic E-state index is 5.99. The van der Waals surface area contributed by atoms with Gasteiger partial charge in [-0.25, -0.2) is 0 Å². The van der Waals surface area contributed by atoms with Crippen molar-refractivity contribution in [3.63, 3.8) is 0 Å². The van der Waals surface area contributed by atoms with Crippen LogP contribution in [0, 0.1) is 5.92 Å². The maximum Gasteiger partial charge on any atom is 0.232 e. The van der Waals surface area contributed by atoms with E-state index in [4.69, 9.17) is 38.2 Å². The number of nitrogens with one attached hydrogen (secondary N) is 2. The summed E-state index contributed by atoms with van der Waals surface area (Å²) in [5, 5.41) is 7.61. The minimum absolute atomic E-state index is 0.460. The second kappa shape index (κ2) is 11.5. The van der Waals surface area contributed by atoms with Crippen molar-refractivity contribution in [2.24, 2.45) is 5.92 Å². The molecule has 2 aliphatic heterocycles. The highest BCUT2D eigenvalue weighted by molar-refractivity contribution is 7.80. The third kappa shape index (κ3) is 6.28. The fourth-order valence-corrected chi connectivity index (χ4v) is 5.17. The molecule has 0 amide bonds. The molecule has 36 heavy (non-hydrogen) atoms. The molecule has 0 aliphatic carbocycles. The van der Waals surface area contributed by atoms with Crippen LogP contribution in [0.25, 0.3) is 11.3 Å². The van der Waals surface area contributed by atoms with Gasteiger partial charge in [0.05, 0.1) is 6.54 Å². The third-order valence-electron chi connectivity index (χ3n) is 6.80. The van der Waals surface area contributed by atoms with Crippen LogP contribution in [0.1, 0.15) is 44.8 Å². The van der Waals surface area contributed by atoms with Crippen LogP contribution in [0.2, 0.25) is 5.02 Å². The standard InChI is InChI=1S/C27H33ClN6OS/c1-19-6-5-15-34(18-19)25-16-24(33-13-3-2-4-14-33)30-26(31-25)32-27(36)29-17-22-11-12-23(35-22)20-7-9-21(28)10-8-20/h7-12,16,19H,2-6,13-15,17-18H2,1H3,(H2,29,30,31,32,36)/t19-/m1/s1. The number of halogens is 1. The number of aromatic nitrogens is 2. The molecular formula is C27H33ClN6OS. The van der Waals surface area contributed by atoms with Gasteiger partial charge in [-0.05, 0) is 86.6 Å². The van der Waals surface area contributed by atoms with Crippen molar-refractivity contribution in [2.45, 2.75) is 45.6 Å². The van der Waals surface area contributed by atoms with Gasteiger partial charge in [0.1, 0.15) is 23.2 Å². The molecule has 7 nitrogen and oxygen atoms in total. The molecular weight excluding hydrogens is 492 g/mol. The number of anilines is 3. The fourth-order valence-electron chi connectivity index (χ4n) is 4.88. The highest BCUT2D eigenvalue weighted by atomic mass is 35.5. The predicted molar refractivity (Wildman–Crippen MR) is 151 cm³/mol. The van der Waals surface area contributed by atoms with E-state index in [0.29, 0.717) is 28.5 Å². The number of thiocarbonyl (C=S) groups is 1. The van der Waals surface area contributed by atoms with Crippen molar-refractivity contribution < 1.29 is 4.42 Å². The average Bonchev–Trinajstić information content (AvgIpc) is 3.37. The summed E-state index contributed by atoms with van der Waals surface area (Å²) in [5.41, 5.74) is 0.980. The first-order valence-electron chi connectivity index (χ1n) is 12.8. The van der Waals surface area contributed by atoms with E-state index in [9.17, 15) is 0 Å². The molecule has 9 heteroatoms. The Balaban J connectivity index is 1.26. The number of nitrogens with zero attached hydrogens (tertiary/aromatic N) is 4. The van der Waals surface area contributed by atoms with Gasteiger partial charge in [-0.3, -0.25) is 0 Å². The lowest BCUT2D eigenvalue weighted by Crippen LogP contribution is -2.36. The summed E-state index contributed by atoms with van der Waals surface area (Å²) in [6.45, 7) is 6.88. The molecule has 2 saturated heterocycles. The molecule has 190 valence electrons. The zero-order valence-electron chi connectivity index (χ0n) is 20.7. The molecule has 0 saturated carbocycles. The van der Waals surface area contributed by atoms with Gasteiger partial charge < -0.3 is 24.9 Å². The van der Waals surface area contributed by atoms with Crippen LogP contribution >= 0.6 is 23.8 Å². The second-order valence-corrected chi connectivity index (χ2v) is 10.6. The van der Waals surface area contributed by atoms with Crippen molar-refractivity contribution in [1.82, 2.24) is 15.3 Å². The van der Waals surface area contributed by atoms with E-state index in [-0.39, 0.29) is 0 Å². The Morgan fingerprint density at radius 3 is 2.47 bits per heavy atom. The van der Waals surface area contributed by atoms with E-state index >= 15 is 0 Å². The Bertz CT molecular complexity index is 1180. The van der Waals surface area contributed by atoms with E-state index in [1.807, 2.05) is 36.4 Å². The molecule has 2 aromatic heterocycles. The highest BCUT2D eigenvalue weighted by Gasteiger charge is 2.21. The summed E-state index contributed by atoms with van der Waals surface area (Å²) in [4.78, 5) is 14.4. The first kappa shape index (κ1) is 24.8. The van der Waals surface area contributed by atoms with Crippen molar-refractivity contribution in [2.75, 3.05) is 41.3 Å². The maximum atomic E-state index is 5.99. The van der Waals surface area contributed by atoms with Gasteiger partial charge in [-0.1, -0.05) is 18.5 Å². The first-order valence-corrected chi connectivity index (χ1v) is 13.6. The van der Waals surface area contributed by atoms with Crippen LogP contribution in [0.4, 0.5) is 17.6 Å². The summed E-state index contributed by atoms with van der Waals surface area (Å²) < 4.78 is 5.98. The molecule has 2 fully saturated rings. The van der Waals surface area contributed by atoms with Crippen LogP contribution in [0.5, 0.6) is 0 Å². The average molecular weight is 525 g/mol. The van der Waals surface area contributed by atoms with E-state index in [1.54, 1.807) is 0 Å². The summed E-state index contributed by atoms with van der Waals surface area (Å²) in [5.74, 6) is 4.72. The molecule has 0 radical (unpaired) electrons. The first-order chi connectivity index (χ1) is 17.5. The van der Waals surface area contributed by atoms with Gasteiger partial charge in [-0.2, -0.15) is 9.97 Å². The Hall–Kier alpha value is -2.84. The number of furan rings is 1. The molecule has 0 bridgehead atoms. The summed E-state index contributed by atoms with van der Waals surface area (Å²) in [6, 6.07) is 13.6. The highest BCUT2D eigenvalue weighted by Crippen LogP contribution is 2.28. The lowest BCUT2D eigenvalue weighted by molar-refractivity contribution is 0.444. The van der Waals surface area contributed by atoms with Gasteiger partial charge >= 0.3 is 0 Å². The van der Waals surface area contributed by atoms with Gasteiger partial charge in [0.2, 0.25) is 5.95 Å². The number of piperidine rings is 2. The fraction of sp³-hybridized carbons (Fsp3) is 0.444. The Morgan fingerprint density at radius 1 is 1.00 bits per heavy atom. The van der Waals surface area contributed by atoms with Crippen molar-refractivity contribution in [3.8, 4) is 11.3 Å². The monoisotopic (exact) mass is 524 g/mol. The zero-order valence-corrected chi connectivity index (χ0v) is 22.2. The molecule has 0 spiro atoms. The van der Waals surface area contributed by atoms with Crippen LogP contribution in [-0.2, 0) is 6.54 Å².